The first-order chi connectivity index (χ1) is 7.74. The molecule has 0 aliphatic heterocycles. The van der Waals surface area contributed by atoms with Crippen molar-refractivity contribution >= 4 is 5.57 Å². The average Bonchev–Trinajstić information content (AvgIpc) is 2.74. The van der Waals surface area contributed by atoms with Crippen LogP contribution in [0, 0.1) is 0 Å². The minimum Gasteiger partial charge on any atom is -0.497 e. The number of allylic oxidation sites excluding steroid dienone is 1. The minimum absolute atomic E-state index is 0.318. The number of ether oxygens (including phenoxy) is 2. The standard InChI is InChI=1S/C13H16O3/c1-15-11-5-6-12(13(8-11)16-2)9-3-4-10(14)7-9/h5-8,10,14H,3-4H2,1-2H3. The van der Waals surface area contributed by atoms with Crippen LogP contribution in [0.1, 0.15) is 18.4 Å². The predicted molar refractivity (Wildman–Crippen MR) is 62.8 cm³/mol. The molecule has 1 unspecified atom stereocenters. The van der Waals surface area contributed by atoms with E-state index in [1.807, 2.05) is 24.3 Å². The lowest BCUT2D eigenvalue weighted by Crippen LogP contribution is -1.93. The van der Waals surface area contributed by atoms with E-state index in [-0.39, 0.29) is 6.10 Å². The molecule has 2 rings (SSSR count). The molecule has 1 N–H and O–H groups in total. The van der Waals surface area contributed by atoms with Gasteiger partial charge in [-0.05, 0) is 30.5 Å². The van der Waals surface area contributed by atoms with Crippen molar-refractivity contribution in [2.24, 2.45) is 0 Å². The number of rotatable bonds is 3. The Labute approximate surface area is 95.3 Å². The Morgan fingerprint density at radius 2 is 2.06 bits per heavy atom. The van der Waals surface area contributed by atoms with E-state index in [0.29, 0.717) is 0 Å². The van der Waals surface area contributed by atoms with Gasteiger partial charge in [-0.2, -0.15) is 0 Å². The van der Waals surface area contributed by atoms with Crippen LogP contribution >= 0.6 is 0 Å². The fourth-order valence-corrected chi connectivity index (χ4v) is 1.99. The van der Waals surface area contributed by atoms with Gasteiger partial charge in [0, 0.05) is 11.6 Å². The Morgan fingerprint density at radius 3 is 2.62 bits per heavy atom. The van der Waals surface area contributed by atoms with Gasteiger partial charge in [-0.3, -0.25) is 0 Å². The highest BCUT2D eigenvalue weighted by Gasteiger charge is 2.17. The van der Waals surface area contributed by atoms with Gasteiger partial charge in [-0.15, -0.1) is 0 Å². The summed E-state index contributed by atoms with van der Waals surface area (Å²) in [4.78, 5) is 0. The maximum atomic E-state index is 9.48. The zero-order chi connectivity index (χ0) is 11.5. The van der Waals surface area contributed by atoms with Crippen LogP contribution in [0.25, 0.3) is 5.57 Å². The van der Waals surface area contributed by atoms with E-state index in [4.69, 9.17) is 9.47 Å². The maximum Gasteiger partial charge on any atom is 0.130 e. The minimum atomic E-state index is -0.318. The topological polar surface area (TPSA) is 38.7 Å². The molecule has 3 heteroatoms. The normalized spacial score (nSPS) is 19.4. The molecule has 0 amide bonds. The molecule has 86 valence electrons. The van der Waals surface area contributed by atoms with Crippen LogP contribution in [0.2, 0.25) is 0 Å². The third-order valence-corrected chi connectivity index (χ3v) is 2.86. The van der Waals surface area contributed by atoms with Crippen molar-refractivity contribution in [3.63, 3.8) is 0 Å². The van der Waals surface area contributed by atoms with Gasteiger partial charge in [0.15, 0.2) is 0 Å². The van der Waals surface area contributed by atoms with E-state index >= 15 is 0 Å². The summed E-state index contributed by atoms with van der Waals surface area (Å²) in [5, 5.41) is 9.48. The predicted octanol–water partition coefficient (Wildman–Crippen LogP) is 2.24. The molecule has 0 bridgehead atoms. The van der Waals surface area contributed by atoms with Crippen molar-refractivity contribution in [2.75, 3.05) is 14.2 Å². The summed E-state index contributed by atoms with van der Waals surface area (Å²) in [6.45, 7) is 0. The summed E-state index contributed by atoms with van der Waals surface area (Å²) in [5.41, 5.74) is 2.19. The molecular formula is C13H16O3. The van der Waals surface area contributed by atoms with Crippen LogP contribution in [-0.4, -0.2) is 25.4 Å². The van der Waals surface area contributed by atoms with Crippen molar-refractivity contribution in [1.82, 2.24) is 0 Å². The first-order valence-electron chi connectivity index (χ1n) is 5.35. The second-order valence-corrected chi connectivity index (χ2v) is 3.86. The number of methoxy groups -OCH3 is 2. The summed E-state index contributed by atoms with van der Waals surface area (Å²) in [6, 6.07) is 5.74. The Hall–Kier alpha value is -1.48. The quantitative estimate of drug-likeness (QED) is 0.849. The molecule has 0 saturated carbocycles. The molecule has 0 saturated heterocycles. The van der Waals surface area contributed by atoms with E-state index in [2.05, 4.69) is 0 Å². The monoisotopic (exact) mass is 220 g/mol. The molecule has 1 aliphatic rings. The molecule has 0 spiro atoms. The van der Waals surface area contributed by atoms with Gasteiger partial charge in [-0.25, -0.2) is 0 Å². The van der Waals surface area contributed by atoms with Gasteiger partial charge in [0.25, 0.3) is 0 Å². The third kappa shape index (κ3) is 2.04. The zero-order valence-electron chi connectivity index (χ0n) is 9.56. The van der Waals surface area contributed by atoms with Crippen LogP contribution in [-0.2, 0) is 0 Å². The lowest BCUT2D eigenvalue weighted by Gasteiger charge is -2.10. The summed E-state index contributed by atoms with van der Waals surface area (Å²) in [5.74, 6) is 1.57. The molecule has 3 nitrogen and oxygen atoms in total. The number of aliphatic hydroxyl groups is 1. The van der Waals surface area contributed by atoms with Gasteiger partial charge in [0.05, 0.1) is 20.3 Å². The zero-order valence-corrected chi connectivity index (χ0v) is 9.56. The molecule has 0 fully saturated rings. The Kier molecular flexibility index (Phi) is 3.15. The molecule has 0 heterocycles. The fraction of sp³-hybridized carbons (Fsp3) is 0.385. The highest BCUT2D eigenvalue weighted by molar-refractivity contribution is 5.73. The fourth-order valence-electron chi connectivity index (χ4n) is 1.99. The molecule has 1 aromatic carbocycles. The number of hydrogen-bond donors (Lipinski definition) is 1. The largest absolute Gasteiger partial charge is 0.497 e. The van der Waals surface area contributed by atoms with E-state index < -0.39 is 0 Å². The van der Waals surface area contributed by atoms with Gasteiger partial charge in [0.1, 0.15) is 11.5 Å². The van der Waals surface area contributed by atoms with Gasteiger partial charge in [0.2, 0.25) is 0 Å². The lowest BCUT2D eigenvalue weighted by atomic mass is 10.0. The van der Waals surface area contributed by atoms with Crippen LogP contribution in [0.3, 0.4) is 0 Å². The molecule has 1 atom stereocenters. The highest BCUT2D eigenvalue weighted by Crippen LogP contribution is 2.35. The van der Waals surface area contributed by atoms with Crippen LogP contribution < -0.4 is 9.47 Å². The molecule has 16 heavy (non-hydrogen) atoms. The van der Waals surface area contributed by atoms with Crippen molar-refractivity contribution in [1.29, 1.82) is 0 Å². The van der Waals surface area contributed by atoms with Crippen LogP contribution in [0.4, 0.5) is 0 Å². The van der Waals surface area contributed by atoms with Gasteiger partial charge in [-0.1, -0.05) is 6.08 Å². The van der Waals surface area contributed by atoms with E-state index in [1.165, 1.54) is 0 Å². The van der Waals surface area contributed by atoms with Crippen LogP contribution in [0.5, 0.6) is 11.5 Å². The summed E-state index contributed by atoms with van der Waals surface area (Å²) in [7, 11) is 3.28. The second kappa shape index (κ2) is 4.58. The van der Waals surface area contributed by atoms with Gasteiger partial charge < -0.3 is 14.6 Å². The van der Waals surface area contributed by atoms with Crippen LogP contribution in [0.15, 0.2) is 24.3 Å². The van der Waals surface area contributed by atoms with Gasteiger partial charge >= 0.3 is 0 Å². The first-order valence-corrected chi connectivity index (χ1v) is 5.35. The van der Waals surface area contributed by atoms with Crippen molar-refractivity contribution < 1.29 is 14.6 Å². The van der Waals surface area contributed by atoms with E-state index in [9.17, 15) is 5.11 Å². The maximum absolute atomic E-state index is 9.48. The summed E-state index contributed by atoms with van der Waals surface area (Å²) >= 11 is 0. The molecule has 1 aromatic rings. The SMILES string of the molecule is COc1ccc(C2=CC(O)CC2)c(OC)c1. The summed E-state index contributed by atoms with van der Waals surface area (Å²) in [6.07, 6.45) is 3.26. The number of hydrogen-bond acceptors (Lipinski definition) is 3. The molecular weight excluding hydrogens is 204 g/mol. The van der Waals surface area contributed by atoms with Crippen molar-refractivity contribution in [2.45, 2.75) is 18.9 Å². The lowest BCUT2D eigenvalue weighted by molar-refractivity contribution is 0.223. The average molecular weight is 220 g/mol. The van der Waals surface area contributed by atoms with E-state index in [1.54, 1.807) is 14.2 Å². The second-order valence-electron chi connectivity index (χ2n) is 3.86. The molecule has 0 radical (unpaired) electrons. The number of aliphatic hydroxyl groups excluding tert-OH is 1. The van der Waals surface area contributed by atoms with Crippen molar-refractivity contribution in [3.05, 3.63) is 29.8 Å². The third-order valence-electron chi connectivity index (χ3n) is 2.86. The number of benzene rings is 1. The van der Waals surface area contributed by atoms with E-state index in [0.717, 1.165) is 35.5 Å². The molecule has 0 aromatic heterocycles. The summed E-state index contributed by atoms with van der Waals surface area (Å²) < 4.78 is 10.5. The molecule has 1 aliphatic carbocycles. The Morgan fingerprint density at radius 1 is 1.25 bits per heavy atom. The smallest absolute Gasteiger partial charge is 0.130 e. The highest BCUT2D eigenvalue weighted by atomic mass is 16.5. The first kappa shape index (κ1) is 11.0. The Bertz CT molecular complexity index is 410. The van der Waals surface area contributed by atoms with Crippen molar-refractivity contribution in [3.8, 4) is 11.5 Å². The Balaban J connectivity index is 2.37.